The summed E-state index contributed by atoms with van der Waals surface area (Å²) in [7, 11) is 1.70. The molecule has 0 radical (unpaired) electrons. The van der Waals surface area contributed by atoms with Crippen molar-refractivity contribution >= 4 is 23.5 Å². The third kappa shape index (κ3) is 4.48. The van der Waals surface area contributed by atoms with Gasteiger partial charge in [0.25, 0.3) is 0 Å². The van der Waals surface area contributed by atoms with E-state index in [4.69, 9.17) is 17.0 Å². The zero-order valence-electron chi connectivity index (χ0n) is 14.8. The number of para-hydroxylation sites is 1. The fourth-order valence-corrected chi connectivity index (χ4v) is 2.39. The van der Waals surface area contributed by atoms with Crippen LogP contribution in [0.4, 0.5) is 4.39 Å². The van der Waals surface area contributed by atoms with Crippen LogP contribution >= 0.6 is 12.2 Å². The Hall–Kier alpha value is -3.26. The van der Waals surface area contributed by atoms with E-state index in [1.807, 2.05) is 37.3 Å². The topological polar surface area (TPSA) is 63.5 Å². The molecule has 0 aliphatic carbocycles. The molecule has 0 bridgehead atoms. The van der Waals surface area contributed by atoms with Crippen molar-refractivity contribution in [2.45, 2.75) is 6.92 Å². The van der Waals surface area contributed by atoms with Gasteiger partial charge >= 0.3 is 0 Å². The van der Waals surface area contributed by atoms with Crippen molar-refractivity contribution in [3.63, 3.8) is 0 Å². The Bertz CT molecular complexity index is 954. The first-order valence-corrected chi connectivity index (χ1v) is 8.58. The Kier molecular flexibility index (Phi) is 5.77. The molecule has 3 aromatic rings. The lowest BCUT2D eigenvalue weighted by Crippen LogP contribution is -2.28. The number of nitrogens with zero attached hydrogens (tertiary/aromatic N) is 3. The van der Waals surface area contributed by atoms with E-state index in [9.17, 15) is 4.39 Å². The van der Waals surface area contributed by atoms with Crippen molar-refractivity contribution in [1.82, 2.24) is 20.5 Å². The van der Waals surface area contributed by atoms with E-state index in [1.165, 1.54) is 12.1 Å². The Balaban J connectivity index is 2.02. The van der Waals surface area contributed by atoms with Crippen LogP contribution in [0, 0.1) is 12.7 Å². The number of rotatable bonds is 5. The van der Waals surface area contributed by atoms with Crippen LogP contribution in [0.3, 0.4) is 0 Å². The third-order valence-corrected chi connectivity index (χ3v) is 3.97. The third-order valence-electron chi connectivity index (χ3n) is 3.68. The number of benzene rings is 2. The molecule has 2 N–H and O–H groups in total. The van der Waals surface area contributed by atoms with Crippen LogP contribution in [0.1, 0.15) is 11.3 Å². The van der Waals surface area contributed by atoms with E-state index >= 15 is 0 Å². The molecule has 1 heterocycles. The molecule has 6 nitrogen and oxygen atoms in total. The highest BCUT2D eigenvalue weighted by Crippen LogP contribution is 2.29. The highest BCUT2D eigenvalue weighted by atomic mass is 32.1. The van der Waals surface area contributed by atoms with Crippen molar-refractivity contribution in [3.05, 3.63) is 71.7 Å². The average molecular weight is 383 g/mol. The largest absolute Gasteiger partial charge is 0.438 e. The predicted molar refractivity (Wildman–Crippen MR) is 107 cm³/mol. The van der Waals surface area contributed by atoms with Crippen molar-refractivity contribution in [2.75, 3.05) is 7.05 Å². The van der Waals surface area contributed by atoms with Crippen LogP contribution in [0.2, 0.25) is 0 Å². The Morgan fingerprint density at radius 1 is 1.19 bits per heavy atom. The maximum absolute atomic E-state index is 13.2. The minimum absolute atomic E-state index is 0.332. The molecule has 138 valence electrons. The Morgan fingerprint density at radius 3 is 2.56 bits per heavy atom. The predicted octanol–water partition coefficient (Wildman–Crippen LogP) is 3.54. The first kappa shape index (κ1) is 18.5. The van der Waals surface area contributed by atoms with Gasteiger partial charge in [0.05, 0.1) is 23.2 Å². The first-order chi connectivity index (χ1) is 13.1. The number of ether oxygens (including phenoxy) is 1. The van der Waals surface area contributed by atoms with Gasteiger partial charge in [-0.2, -0.15) is 14.9 Å². The summed E-state index contributed by atoms with van der Waals surface area (Å²) in [6, 6.07) is 15.4. The van der Waals surface area contributed by atoms with E-state index in [0.717, 1.165) is 11.4 Å². The number of hydrogen-bond acceptors (Lipinski definition) is 4. The molecule has 8 heteroatoms. The van der Waals surface area contributed by atoms with E-state index in [0.29, 0.717) is 22.3 Å². The molecule has 0 amide bonds. The summed E-state index contributed by atoms with van der Waals surface area (Å²) in [6.45, 7) is 1.86. The normalized spacial score (nSPS) is 10.8. The molecule has 1 aromatic heterocycles. The minimum Gasteiger partial charge on any atom is -0.438 e. The zero-order valence-corrected chi connectivity index (χ0v) is 15.6. The van der Waals surface area contributed by atoms with Crippen LogP contribution in [0.5, 0.6) is 11.6 Å². The molecule has 0 fully saturated rings. The van der Waals surface area contributed by atoms with Gasteiger partial charge < -0.3 is 10.1 Å². The number of hydrazone groups is 1. The number of thiocarbonyl (C=S) groups is 1. The van der Waals surface area contributed by atoms with Crippen LogP contribution in [0.25, 0.3) is 5.69 Å². The minimum atomic E-state index is -0.332. The van der Waals surface area contributed by atoms with Gasteiger partial charge in [0, 0.05) is 7.05 Å². The lowest BCUT2D eigenvalue weighted by atomic mass is 10.2. The second kappa shape index (κ2) is 8.41. The maximum Gasteiger partial charge on any atom is 0.231 e. The standard InChI is InChI=1S/C19H18FN5OS/c1-13-17(12-22-23-19(27)21-2)18(26-16-10-8-14(20)9-11-16)25(24-13)15-6-4-3-5-7-15/h3-12H,1-2H3,(H2,21,23,27)/b22-12-. The zero-order chi connectivity index (χ0) is 19.2. The van der Waals surface area contributed by atoms with Gasteiger partial charge in [-0.05, 0) is 55.5 Å². The molecule has 0 aliphatic heterocycles. The number of hydrogen-bond donors (Lipinski definition) is 2. The molecule has 0 saturated carbocycles. The quantitative estimate of drug-likeness (QED) is 0.401. The molecular formula is C19H18FN5OS. The summed E-state index contributed by atoms with van der Waals surface area (Å²) in [4.78, 5) is 0. The molecular weight excluding hydrogens is 365 g/mol. The van der Waals surface area contributed by atoms with Gasteiger partial charge in [0.1, 0.15) is 11.6 Å². The fraction of sp³-hybridized carbons (Fsp3) is 0.105. The summed E-state index contributed by atoms with van der Waals surface area (Å²) >= 11 is 5.01. The monoisotopic (exact) mass is 383 g/mol. The van der Waals surface area contributed by atoms with Crippen molar-refractivity contribution in [1.29, 1.82) is 0 Å². The molecule has 3 rings (SSSR count). The molecule has 0 saturated heterocycles. The van der Waals surface area contributed by atoms with Crippen molar-refractivity contribution in [2.24, 2.45) is 5.10 Å². The second-order valence-electron chi connectivity index (χ2n) is 5.56. The number of aryl methyl sites for hydroxylation is 1. The number of halogens is 1. The van der Waals surface area contributed by atoms with Crippen LogP contribution in [0.15, 0.2) is 59.7 Å². The second-order valence-corrected chi connectivity index (χ2v) is 5.96. The molecule has 0 spiro atoms. The van der Waals surface area contributed by atoms with Crippen LogP contribution in [-0.4, -0.2) is 28.2 Å². The number of aromatic nitrogens is 2. The lowest BCUT2D eigenvalue weighted by Gasteiger charge is -2.10. The van der Waals surface area contributed by atoms with Gasteiger partial charge in [-0.3, -0.25) is 5.43 Å². The smallest absolute Gasteiger partial charge is 0.231 e. The first-order valence-electron chi connectivity index (χ1n) is 8.17. The van der Waals surface area contributed by atoms with Gasteiger partial charge in [-0.15, -0.1) is 0 Å². The van der Waals surface area contributed by atoms with E-state index in [-0.39, 0.29) is 5.82 Å². The van der Waals surface area contributed by atoms with Crippen molar-refractivity contribution < 1.29 is 9.13 Å². The van der Waals surface area contributed by atoms with Gasteiger partial charge in [-0.1, -0.05) is 18.2 Å². The van der Waals surface area contributed by atoms with Gasteiger partial charge in [0.2, 0.25) is 5.88 Å². The summed E-state index contributed by atoms with van der Waals surface area (Å²) < 4.78 is 20.9. The van der Waals surface area contributed by atoms with Crippen LogP contribution in [-0.2, 0) is 0 Å². The molecule has 2 aromatic carbocycles. The van der Waals surface area contributed by atoms with E-state index in [1.54, 1.807) is 30.1 Å². The highest BCUT2D eigenvalue weighted by Gasteiger charge is 2.17. The molecule has 0 unspecified atom stereocenters. The average Bonchev–Trinajstić information content (AvgIpc) is 3.00. The van der Waals surface area contributed by atoms with Crippen molar-refractivity contribution in [3.8, 4) is 17.3 Å². The summed E-state index contributed by atoms with van der Waals surface area (Å²) in [6.07, 6.45) is 1.59. The summed E-state index contributed by atoms with van der Waals surface area (Å²) in [5.41, 5.74) is 4.93. The van der Waals surface area contributed by atoms with Gasteiger partial charge in [-0.25, -0.2) is 4.39 Å². The fourth-order valence-electron chi connectivity index (χ4n) is 2.33. The Morgan fingerprint density at radius 2 is 1.89 bits per heavy atom. The summed E-state index contributed by atoms with van der Waals surface area (Å²) in [5.74, 6) is 0.620. The SMILES string of the molecule is CNC(=S)N/N=C\c1c(C)nn(-c2ccccc2)c1Oc1ccc(F)cc1. The maximum atomic E-state index is 13.2. The number of nitrogens with one attached hydrogen (secondary N) is 2. The molecule has 0 atom stereocenters. The van der Waals surface area contributed by atoms with E-state index in [2.05, 4.69) is 20.9 Å². The molecule has 0 aliphatic rings. The molecule has 27 heavy (non-hydrogen) atoms. The summed E-state index contributed by atoms with van der Waals surface area (Å²) in [5, 5.41) is 11.9. The van der Waals surface area contributed by atoms with Gasteiger partial charge in [0.15, 0.2) is 5.11 Å². The Labute approximate surface area is 161 Å². The highest BCUT2D eigenvalue weighted by molar-refractivity contribution is 7.80. The lowest BCUT2D eigenvalue weighted by molar-refractivity contribution is 0.442. The van der Waals surface area contributed by atoms with E-state index < -0.39 is 0 Å². The van der Waals surface area contributed by atoms with Crippen LogP contribution < -0.4 is 15.5 Å².